The third-order valence-corrected chi connectivity index (χ3v) is 4.43. The molecule has 24 heavy (non-hydrogen) atoms. The van der Waals surface area contributed by atoms with E-state index in [1.165, 1.54) is 12.8 Å². The molecule has 0 aliphatic carbocycles. The number of aryl methyl sites for hydroxylation is 1. The molecule has 124 valence electrons. The van der Waals surface area contributed by atoms with Crippen molar-refractivity contribution in [3.8, 4) is 11.5 Å². The molecule has 3 aromatic rings. The molecule has 1 aliphatic rings. The Morgan fingerprint density at radius 3 is 2.83 bits per heavy atom. The summed E-state index contributed by atoms with van der Waals surface area (Å²) in [4.78, 5) is 2.35. The summed E-state index contributed by atoms with van der Waals surface area (Å²) in [6.07, 6.45) is 3.45. The molecule has 4 rings (SSSR count). The van der Waals surface area contributed by atoms with Gasteiger partial charge in [0, 0.05) is 11.6 Å². The first-order chi connectivity index (χ1) is 11.8. The summed E-state index contributed by atoms with van der Waals surface area (Å²) in [6, 6.07) is 12.1. The van der Waals surface area contributed by atoms with Crippen LogP contribution in [0.2, 0.25) is 0 Å². The van der Waals surface area contributed by atoms with Crippen molar-refractivity contribution in [1.82, 2.24) is 20.3 Å². The highest BCUT2D eigenvalue weighted by Gasteiger charge is 2.28. The van der Waals surface area contributed by atoms with E-state index in [4.69, 9.17) is 8.94 Å². The molecule has 1 aromatic carbocycles. The van der Waals surface area contributed by atoms with Crippen LogP contribution in [0.5, 0.6) is 0 Å². The van der Waals surface area contributed by atoms with Crippen molar-refractivity contribution in [2.75, 3.05) is 6.54 Å². The molecule has 1 aliphatic heterocycles. The van der Waals surface area contributed by atoms with E-state index in [1.54, 1.807) is 0 Å². The van der Waals surface area contributed by atoms with Gasteiger partial charge in [0.15, 0.2) is 0 Å². The van der Waals surface area contributed by atoms with Gasteiger partial charge in [0.2, 0.25) is 11.8 Å². The normalized spacial score (nSPS) is 18.8. The largest absolute Gasteiger partial charge is 0.419 e. The van der Waals surface area contributed by atoms with Crippen LogP contribution in [0.1, 0.15) is 42.6 Å². The van der Waals surface area contributed by atoms with Crippen LogP contribution in [-0.4, -0.2) is 26.8 Å². The zero-order valence-electron chi connectivity index (χ0n) is 13.7. The fourth-order valence-corrected chi connectivity index (χ4v) is 3.25. The van der Waals surface area contributed by atoms with E-state index in [2.05, 4.69) is 20.3 Å². The molecular weight excluding hydrogens is 304 g/mol. The first kappa shape index (κ1) is 15.1. The van der Waals surface area contributed by atoms with E-state index in [9.17, 15) is 0 Å². The van der Waals surface area contributed by atoms with Crippen molar-refractivity contribution in [2.24, 2.45) is 0 Å². The van der Waals surface area contributed by atoms with Gasteiger partial charge in [-0.25, -0.2) is 0 Å². The van der Waals surface area contributed by atoms with E-state index < -0.39 is 0 Å². The zero-order chi connectivity index (χ0) is 16.4. The Morgan fingerprint density at radius 1 is 1.17 bits per heavy atom. The monoisotopic (exact) mass is 324 g/mol. The summed E-state index contributed by atoms with van der Waals surface area (Å²) < 4.78 is 11.1. The fraction of sp³-hybridized carbons (Fsp3) is 0.389. The lowest BCUT2D eigenvalue weighted by molar-refractivity contribution is 0.122. The van der Waals surface area contributed by atoms with Crippen LogP contribution < -0.4 is 0 Å². The topological polar surface area (TPSA) is 68.2 Å². The first-order valence-corrected chi connectivity index (χ1v) is 8.34. The number of nitrogens with zero attached hydrogens (tertiary/aromatic N) is 4. The summed E-state index contributed by atoms with van der Waals surface area (Å²) in [5, 5.41) is 12.6. The van der Waals surface area contributed by atoms with Gasteiger partial charge in [-0.1, -0.05) is 29.8 Å². The fourth-order valence-electron chi connectivity index (χ4n) is 3.25. The number of benzene rings is 1. The van der Waals surface area contributed by atoms with Gasteiger partial charge in [0.1, 0.15) is 11.5 Å². The predicted octanol–water partition coefficient (Wildman–Crippen LogP) is 3.76. The van der Waals surface area contributed by atoms with Gasteiger partial charge in [-0.15, -0.1) is 10.2 Å². The lowest BCUT2D eigenvalue weighted by Crippen LogP contribution is -2.33. The Balaban J connectivity index is 1.52. The molecule has 0 unspecified atom stereocenters. The Kier molecular flexibility index (Phi) is 4.13. The predicted molar refractivity (Wildman–Crippen MR) is 88.0 cm³/mol. The maximum atomic E-state index is 5.85. The van der Waals surface area contributed by atoms with Crippen molar-refractivity contribution in [1.29, 1.82) is 0 Å². The molecule has 2 aromatic heterocycles. The van der Waals surface area contributed by atoms with E-state index >= 15 is 0 Å². The Morgan fingerprint density at radius 2 is 2.04 bits per heavy atom. The average Bonchev–Trinajstić information content (AvgIpc) is 3.25. The van der Waals surface area contributed by atoms with Gasteiger partial charge in [0.05, 0.1) is 12.6 Å². The molecule has 6 heteroatoms. The van der Waals surface area contributed by atoms with E-state index in [1.807, 2.05) is 43.3 Å². The van der Waals surface area contributed by atoms with Crippen LogP contribution in [0.3, 0.4) is 0 Å². The summed E-state index contributed by atoms with van der Waals surface area (Å²) in [7, 11) is 0. The van der Waals surface area contributed by atoms with Crippen LogP contribution in [0.25, 0.3) is 11.5 Å². The lowest BCUT2D eigenvalue weighted by Gasteiger charge is -2.33. The van der Waals surface area contributed by atoms with E-state index in [0.29, 0.717) is 18.3 Å². The van der Waals surface area contributed by atoms with Crippen LogP contribution >= 0.6 is 0 Å². The molecule has 0 bridgehead atoms. The van der Waals surface area contributed by atoms with Crippen molar-refractivity contribution >= 4 is 0 Å². The van der Waals surface area contributed by atoms with Gasteiger partial charge in [0.25, 0.3) is 0 Å². The maximum Gasteiger partial charge on any atom is 0.247 e. The molecule has 6 nitrogen and oxygen atoms in total. The SMILES string of the molecule is Cc1cc([C@H]2CCCCN2Cc2nnc(-c3ccccc3)o2)no1. The quantitative estimate of drug-likeness (QED) is 0.728. The van der Waals surface area contributed by atoms with Gasteiger partial charge in [-0.2, -0.15) is 0 Å². The first-order valence-electron chi connectivity index (χ1n) is 8.34. The number of likely N-dealkylation sites (tertiary alicyclic amines) is 1. The summed E-state index contributed by atoms with van der Waals surface area (Å²) in [5.74, 6) is 2.05. The second-order valence-corrected chi connectivity index (χ2v) is 6.21. The minimum Gasteiger partial charge on any atom is -0.419 e. The molecule has 0 spiro atoms. The van der Waals surface area contributed by atoms with Crippen LogP contribution in [0, 0.1) is 6.92 Å². The van der Waals surface area contributed by atoms with Crippen LogP contribution in [0.15, 0.2) is 45.3 Å². The number of hydrogen-bond donors (Lipinski definition) is 0. The molecule has 0 radical (unpaired) electrons. The summed E-state index contributed by atoms with van der Waals surface area (Å²) in [6.45, 7) is 3.56. The molecular formula is C18H20N4O2. The lowest BCUT2D eigenvalue weighted by atomic mass is 9.99. The summed E-state index contributed by atoms with van der Waals surface area (Å²) in [5.41, 5.74) is 1.94. The molecule has 1 fully saturated rings. The van der Waals surface area contributed by atoms with Crippen molar-refractivity contribution < 1.29 is 8.94 Å². The smallest absolute Gasteiger partial charge is 0.247 e. The molecule has 3 heterocycles. The van der Waals surface area contributed by atoms with Gasteiger partial charge >= 0.3 is 0 Å². The van der Waals surface area contributed by atoms with Crippen molar-refractivity contribution in [3.63, 3.8) is 0 Å². The second-order valence-electron chi connectivity index (χ2n) is 6.21. The standard InChI is InChI=1S/C18H20N4O2/c1-13-11-15(21-24-13)16-9-5-6-10-22(16)12-17-19-20-18(23-17)14-7-3-2-4-8-14/h2-4,7-8,11,16H,5-6,9-10,12H2,1H3/t16-/m1/s1. The van der Waals surface area contributed by atoms with Gasteiger partial charge in [-0.05, 0) is 38.4 Å². The Bertz CT molecular complexity index is 796. The second kappa shape index (κ2) is 6.57. The van der Waals surface area contributed by atoms with Gasteiger partial charge < -0.3 is 8.94 Å². The maximum absolute atomic E-state index is 5.85. The molecule has 0 saturated carbocycles. The number of aromatic nitrogens is 3. The van der Waals surface area contributed by atoms with Crippen LogP contribution in [0.4, 0.5) is 0 Å². The van der Waals surface area contributed by atoms with Crippen LogP contribution in [-0.2, 0) is 6.54 Å². The van der Waals surface area contributed by atoms with E-state index in [-0.39, 0.29) is 6.04 Å². The third-order valence-electron chi connectivity index (χ3n) is 4.43. The number of piperidine rings is 1. The minimum atomic E-state index is 0.253. The third kappa shape index (κ3) is 3.10. The highest BCUT2D eigenvalue weighted by atomic mass is 16.5. The van der Waals surface area contributed by atoms with Crippen molar-refractivity contribution in [3.05, 3.63) is 53.7 Å². The number of rotatable bonds is 4. The molecule has 0 amide bonds. The molecule has 0 N–H and O–H groups in total. The minimum absolute atomic E-state index is 0.253. The molecule has 1 atom stereocenters. The summed E-state index contributed by atoms with van der Waals surface area (Å²) >= 11 is 0. The Hall–Kier alpha value is -2.47. The van der Waals surface area contributed by atoms with Crippen molar-refractivity contribution in [2.45, 2.75) is 38.8 Å². The van der Waals surface area contributed by atoms with E-state index in [0.717, 1.165) is 30.0 Å². The molecule has 1 saturated heterocycles. The van der Waals surface area contributed by atoms with Gasteiger partial charge in [-0.3, -0.25) is 4.90 Å². The number of hydrogen-bond acceptors (Lipinski definition) is 6. The zero-order valence-corrected chi connectivity index (χ0v) is 13.7. The highest BCUT2D eigenvalue weighted by molar-refractivity contribution is 5.51. The average molecular weight is 324 g/mol. The highest BCUT2D eigenvalue weighted by Crippen LogP contribution is 2.32. The Labute approximate surface area is 140 Å².